The smallest absolute Gasteiger partial charge is 0.303 e. The van der Waals surface area contributed by atoms with Crippen molar-refractivity contribution in [1.82, 2.24) is 36.4 Å². The van der Waals surface area contributed by atoms with Gasteiger partial charge >= 0.3 is 53.7 Å². The minimum absolute atomic E-state index is 0.00642. The molecule has 42 nitrogen and oxygen atoms in total. The number of ether oxygens (including phenoxy) is 18. The van der Waals surface area contributed by atoms with Gasteiger partial charge in [-0.3, -0.25) is 76.7 Å². The van der Waals surface area contributed by atoms with Crippen molar-refractivity contribution in [1.29, 1.82) is 0 Å². The Kier molecular flexibility index (Phi) is 46.6. The molecular weight excluding hydrogens is 1740 g/mol. The summed E-state index contributed by atoms with van der Waals surface area (Å²) in [6.07, 6.45) is -16.2. The maximum Gasteiger partial charge on any atom is 0.303 e. The summed E-state index contributed by atoms with van der Waals surface area (Å²) in [5.74, 6) is -9.48. The largest absolute Gasteiger partial charge is 0.497 e. The van der Waals surface area contributed by atoms with Gasteiger partial charge in [-0.25, -0.2) is 0 Å². The zero-order chi connectivity index (χ0) is 97.2. The lowest BCUT2D eigenvalue weighted by Crippen LogP contribution is -2.66. The fourth-order valence-electron chi connectivity index (χ4n) is 15.1. The van der Waals surface area contributed by atoms with E-state index in [1.807, 2.05) is 54.6 Å². The SMILES string of the molecule is COc1ccc(C(OCC(O)C(=O)N(CCCNC(=O)CCCCOC2OC(COC(C)=O)C(OC(C)=O)C(OC(C)=O)C2NC(C)=O)CCCN(CCCNC(=O)CCCCOC2OC(COC(C)=O)C(OC(C)=O)C(OC(C)=O)C2NC(C)=O)C(=O)CCCCOC2OC(COC(C)=O)C(OC(C)=O)C(OC(C)=O)C2NC(C)=O)(c2ccccc2)c2ccc(OC)cc2)cc1. The second kappa shape index (κ2) is 56.4. The van der Waals surface area contributed by atoms with Gasteiger partial charge in [0, 0.05) is 161 Å². The molecule has 132 heavy (non-hydrogen) atoms. The first kappa shape index (κ1) is 109. The summed E-state index contributed by atoms with van der Waals surface area (Å²) in [7, 11) is 3.05. The summed E-state index contributed by atoms with van der Waals surface area (Å²) >= 11 is 0. The normalized spacial score (nSPS) is 21.7. The van der Waals surface area contributed by atoms with Crippen LogP contribution in [0.4, 0.5) is 0 Å². The van der Waals surface area contributed by atoms with Gasteiger partial charge in [0.1, 0.15) is 73.4 Å². The van der Waals surface area contributed by atoms with Crippen LogP contribution in [0.1, 0.15) is 177 Å². The van der Waals surface area contributed by atoms with Gasteiger partial charge in [0.05, 0.1) is 20.8 Å². The zero-order valence-corrected chi connectivity index (χ0v) is 77.1. The number of aliphatic hydroxyl groups is 1. The fourth-order valence-corrected chi connectivity index (χ4v) is 15.1. The van der Waals surface area contributed by atoms with Crippen LogP contribution in [0.15, 0.2) is 78.9 Å². The minimum Gasteiger partial charge on any atom is -0.497 e. The molecule has 0 aromatic heterocycles. The Morgan fingerprint density at radius 2 is 0.682 bits per heavy atom. The van der Waals surface area contributed by atoms with Crippen LogP contribution in [-0.2, 0) is 158 Å². The van der Waals surface area contributed by atoms with Crippen molar-refractivity contribution in [2.75, 3.05) is 99.7 Å². The van der Waals surface area contributed by atoms with Crippen molar-refractivity contribution in [3.05, 3.63) is 95.6 Å². The zero-order valence-electron chi connectivity index (χ0n) is 77.1. The fraction of sp³-hybridized carbons (Fsp3) is 0.622. The Morgan fingerprint density at radius 3 is 1.01 bits per heavy atom. The molecule has 3 fully saturated rings. The maximum absolute atomic E-state index is 15.2. The molecular formula is C90H127N7O35. The highest BCUT2D eigenvalue weighted by Gasteiger charge is 2.55. The second-order valence-electron chi connectivity index (χ2n) is 31.4. The van der Waals surface area contributed by atoms with Gasteiger partial charge in [0.15, 0.2) is 61.6 Å². The molecule has 7 amide bonds. The number of carbonyl (C=O) groups is 16. The van der Waals surface area contributed by atoms with Crippen LogP contribution < -0.4 is 36.1 Å². The summed E-state index contributed by atoms with van der Waals surface area (Å²) in [5, 5.41) is 26.0. The molecule has 0 aliphatic carbocycles. The summed E-state index contributed by atoms with van der Waals surface area (Å²) in [6.45, 7) is 11.4. The number of rotatable bonds is 54. The van der Waals surface area contributed by atoms with Gasteiger partial charge in [-0.15, -0.1) is 0 Å². The third-order valence-electron chi connectivity index (χ3n) is 20.7. The topological polar surface area (TPSA) is 526 Å². The van der Waals surface area contributed by atoms with E-state index in [9.17, 15) is 77.0 Å². The molecule has 42 heteroatoms. The highest BCUT2D eigenvalue weighted by atomic mass is 16.7. The molecule has 6 N–H and O–H groups in total. The van der Waals surface area contributed by atoms with Crippen LogP contribution in [0.2, 0.25) is 0 Å². The van der Waals surface area contributed by atoms with Crippen LogP contribution >= 0.6 is 0 Å². The number of hydrogen-bond donors (Lipinski definition) is 6. The number of unbranched alkanes of at least 4 members (excludes halogenated alkanes) is 3. The Labute approximate surface area is 765 Å². The van der Waals surface area contributed by atoms with E-state index in [4.69, 9.17) is 85.3 Å². The van der Waals surface area contributed by atoms with Crippen molar-refractivity contribution >= 4 is 95.1 Å². The number of hydrogen-bond acceptors (Lipinski definition) is 35. The minimum atomic E-state index is -1.84. The van der Waals surface area contributed by atoms with Gasteiger partial charge in [-0.1, -0.05) is 54.6 Å². The molecule has 3 aliphatic heterocycles. The van der Waals surface area contributed by atoms with Crippen LogP contribution in [0.25, 0.3) is 0 Å². The number of aliphatic hydroxyl groups excluding tert-OH is 1. The molecule has 0 saturated carbocycles. The number of esters is 9. The molecule has 3 saturated heterocycles. The predicted octanol–water partition coefficient (Wildman–Crippen LogP) is 2.96. The molecule has 0 radical (unpaired) electrons. The molecule has 16 unspecified atom stereocenters. The number of nitrogens with one attached hydrogen (secondary N) is 5. The first-order valence-corrected chi connectivity index (χ1v) is 43.7. The molecule has 16 atom stereocenters. The van der Waals surface area contributed by atoms with Crippen LogP contribution in [0.5, 0.6) is 11.5 Å². The molecule has 3 aliphatic rings. The van der Waals surface area contributed by atoms with Crippen molar-refractivity contribution in [2.45, 2.75) is 264 Å². The van der Waals surface area contributed by atoms with Crippen LogP contribution in [0, 0.1) is 0 Å². The lowest BCUT2D eigenvalue weighted by atomic mass is 9.80. The lowest BCUT2D eigenvalue weighted by molar-refractivity contribution is -0.277. The average Bonchev–Trinajstić information content (AvgIpc) is 0.748. The Hall–Kier alpha value is -11.5. The standard InChI is InChI=1S/C90H127N7O35/c1-53(98)93-77-83(127-62(10)107)80(124-59(7)104)71(50-120-56(4)101)130-87(77)117-46-21-18-29-74(111)91-40-24-42-96(76(113)31-20-23-48-119-89-79(95-55(3)100)85(129-64(12)109)82(126-61(9)106)73(132-89)52-122-58(6)103)44-26-45-97(86(114)70(110)49-123-90(65-27-16-15-17-28-65,66-32-36-68(115-13)37-33-66)67-34-38-69(116-14)39-35-67)43-25-41-92-75(112)30-19-22-47-118-88-78(94-54(2)99)84(128-63(11)108)81(125-60(8)105)72(131-88)51-121-57(5)102/h15-17,27-28,32-39,70-73,77-85,87-89,110H,18-26,29-31,40-52H2,1-14H3,(H,91,111)(H,92,112)(H,93,98)(H,94,99)(H,95,100). The highest BCUT2D eigenvalue weighted by molar-refractivity contribution is 5.81. The quantitative estimate of drug-likeness (QED) is 0.0205. The van der Waals surface area contributed by atoms with Gasteiger partial charge in [-0.05, 0) is 98.7 Å². The van der Waals surface area contributed by atoms with Crippen molar-refractivity contribution in [3.8, 4) is 11.5 Å². The average molecular weight is 1870 g/mol. The van der Waals surface area contributed by atoms with Crippen molar-refractivity contribution in [3.63, 3.8) is 0 Å². The number of methoxy groups -OCH3 is 2. The van der Waals surface area contributed by atoms with Gasteiger partial charge < -0.3 is 127 Å². The van der Waals surface area contributed by atoms with E-state index >= 15 is 4.79 Å². The Bertz CT molecular complexity index is 4230. The molecule has 0 spiro atoms. The summed E-state index contributed by atoms with van der Waals surface area (Å²) < 4.78 is 104. The molecule has 6 rings (SSSR count). The van der Waals surface area contributed by atoms with Gasteiger partial charge in [-0.2, -0.15) is 0 Å². The predicted molar refractivity (Wildman–Crippen MR) is 459 cm³/mol. The van der Waals surface area contributed by atoms with E-state index in [1.54, 1.807) is 29.2 Å². The molecule has 0 bridgehead atoms. The molecule has 3 aromatic rings. The lowest BCUT2D eigenvalue weighted by Gasteiger charge is -2.44. The summed E-state index contributed by atoms with van der Waals surface area (Å²) in [5.41, 5.74) is 0.356. The third-order valence-corrected chi connectivity index (χ3v) is 20.7. The van der Waals surface area contributed by atoms with E-state index in [2.05, 4.69) is 26.6 Å². The van der Waals surface area contributed by atoms with Crippen LogP contribution in [0.3, 0.4) is 0 Å². The Balaban J connectivity index is 1.22. The van der Waals surface area contributed by atoms with E-state index in [1.165, 1.54) is 39.9 Å². The maximum atomic E-state index is 15.2. The molecule has 732 valence electrons. The number of amides is 7. The number of benzene rings is 3. The first-order chi connectivity index (χ1) is 62.8. The van der Waals surface area contributed by atoms with E-state index < -0.39 is 207 Å². The van der Waals surface area contributed by atoms with Crippen molar-refractivity contribution < 1.29 is 167 Å². The third kappa shape index (κ3) is 36.6. The second-order valence-corrected chi connectivity index (χ2v) is 31.4. The van der Waals surface area contributed by atoms with Gasteiger partial charge in [0.25, 0.3) is 5.91 Å². The summed E-state index contributed by atoms with van der Waals surface area (Å²) in [4.78, 5) is 208. The van der Waals surface area contributed by atoms with E-state index in [0.717, 1.165) is 62.3 Å². The first-order valence-electron chi connectivity index (χ1n) is 43.7. The van der Waals surface area contributed by atoms with Crippen LogP contribution in [-0.4, -0.2) is 308 Å². The highest BCUT2D eigenvalue weighted by Crippen LogP contribution is 2.42. The molecule has 3 aromatic carbocycles. The van der Waals surface area contributed by atoms with Gasteiger partial charge in [0.2, 0.25) is 35.4 Å². The number of carbonyl (C=O) groups excluding carboxylic acids is 16. The monoisotopic (exact) mass is 1870 g/mol. The van der Waals surface area contributed by atoms with Crippen molar-refractivity contribution in [2.24, 2.45) is 0 Å². The van der Waals surface area contributed by atoms with E-state index in [-0.39, 0.29) is 154 Å². The van der Waals surface area contributed by atoms with E-state index in [0.29, 0.717) is 28.2 Å². The molecule has 3 heterocycles. The Morgan fingerprint density at radius 1 is 0.371 bits per heavy atom. The number of nitrogens with zero attached hydrogens (tertiary/aromatic N) is 2. The summed E-state index contributed by atoms with van der Waals surface area (Å²) in [6, 6.07) is 19.7.